The first-order valence-electron chi connectivity index (χ1n) is 9.42. The van der Waals surface area contributed by atoms with E-state index < -0.39 is 0 Å². The van der Waals surface area contributed by atoms with Crippen LogP contribution in [0.15, 0.2) is 79.1 Å². The van der Waals surface area contributed by atoms with Crippen LogP contribution in [0.3, 0.4) is 0 Å². The Kier molecular flexibility index (Phi) is 5.86. The molecule has 142 valence electrons. The molecule has 2 unspecified atom stereocenters. The number of hydrogen-bond acceptors (Lipinski definition) is 5. The van der Waals surface area contributed by atoms with E-state index in [1.54, 1.807) is 6.20 Å². The molecule has 1 aromatic heterocycles. The third-order valence-electron chi connectivity index (χ3n) is 5.05. The first-order valence-corrected chi connectivity index (χ1v) is 10.5. The summed E-state index contributed by atoms with van der Waals surface area (Å²) in [7, 11) is 0. The first-order chi connectivity index (χ1) is 13.8. The summed E-state index contributed by atoms with van der Waals surface area (Å²) in [5, 5.41) is 0.232. The molecule has 2 atom stereocenters. The van der Waals surface area contributed by atoms with E-state index >= 15 is 0 Å². The fraction of sp³-hybridized carbons (Fsp3) is 0.217. The fourth-order valence-corrected chi connectivity index (χ4v) is 5.09. The maximum atomic E-state index is 12.8. The van der Waals surface area contributed by atoms with E-state index in [0.717, 1.165) is 23.4 Å². The number of ketones is 1. The normalized spacial score (nSPS) is 19.6. The summed E-state index contributed by atoms with van der Waals surface area (Å²) in [6.45, 7) is 1.37. The lowest BCUT2D eigenvalue weighted by Gasteiger charge is -2.28. The highest BCUT2D eigenvalue weighted by atomic mass is 32.2. The highest BCUT2D eigenvalue weighted by Gasteiger charge is 2.34. The largest absolute Gasteiger partial charge is 0.329 e. The number of hydrogen-bond donors (Lipinski definition) is 1. The molecular weight excluding hydrogens is 366 g/mol. The summed E-state index contributed by atoms with van der Waals surface area (Å²) in [6, 6.07) is 21.8. The molecule has 3 aromatic rings. The molecular formula is C23H23N3OS. The zero-order valence-electron chi connectivity index (χ0n) is 15.6. The van der Waals surface area contributed by atoms with Gasteiger partial charge in [-0.1, -0.05) is 54.6 Å². The van der Waals surface area contributed by atoms with E-state index in [2.05, 4.69) is 22.0 Å². The molecule has 5 heteroatoms. The van der Waals surface area contributed by atoms with E-state index in [9.17, 15) is 4.79 Å². The molecule has 4 nitrogen and oxygen atoms in total. The van der Waals surface area contributed by atoms with Crippen LogP contribution in [0.1, 0.15) is 32.4 Å². The van der Waals surface area contributed by atoms with Gasteiger partial charge in [-0.05, 0) is 23.3 Å². The van der Waals surface area contributed by atoms with Gasteiger partial charge in [-0.3, -0.25) is 14.7 Å². The van der Waals surface area contributed by atoms with E-state index in [4.69, 9.17) is 5.73 Å². The SMILES string of the molecule is NCC1CSC(c2cccnc2)N1Cc1cccc(C(=O)c2ccccc2)c1. The molecule has 4 rings (SSSR count). The average Bonchev–Trinajstić information content (AvgIpc) is 3.17. The Balaban J connectivity index is 1.58. The predicted molar refractivity (Wildman–Crippen MR) is 114 cm³/mol. The number of pyridine rings is 1. The van der Waals surface area contributed by atoms with Crippen LogP contribution in [-0.2, 0) is 6.54 Å². The van der Waals surface area contributed by atoms with Crippen molar-refractivity contribution in [1.29, 1.82) is 0 Å². The van der Waals surface area contributed by atoms with Gasteiger partial charge in [0.05, 0.1) is 5.37 Å². The van der Waals surface area contributed by atoms with Crippen molar-refractivity contribution in [2.45, 2.75) is 18.0 Å². The molecule has 0 amide bonds. The second-order valence-corrected chi connectivity index (χ2v) is 8.04. The van der Waals surface area contributed by atoms with Crippen LogP contribution in [0.2, 0.25) is 0 Å². The van der Waals surface area contributed by atoms with Gasteiger partial charge in [0.1, 0.15) is 0 Å². The standard InChI is InChI=1S/C23H23N3OS/c24-13-21-16-28-23(20-10-5-11-25-14-20)26(21)15-17-6-4-9-19(12-17)22(27)18-7-2-1-3-8-18/h1-12,14,21,23H,13,15-16,24H2. The van der Waals surface area contributed by atoms with Crippen molar-refractivity contribution >= 4 is 17.5 Å². The number of thioether (sulfide) groups is 1. The molecule has 0 aliphatic carbocycles. The van der Waals surface area contributed by atoms with Crippen LogP contribution in [-0.4, -0.2) is 34.0 Å². The number of carbonyl (C=O) groups is 1. The number of rotatable bonds is 6. The molecule has 1 aliphatic heterocycles. The monoisotopic (exact) mass is 389 g/mol. The lowest BCUT2D eigenvalue weighted by atomic mass is 10.0. The summed E-state index contributed by atoms with van der Waals surface area (Å²) in [6.07, 6.45) is 3.73. The third kappa shape index (κ3) is 4.02. The smallest absolute Gasteiger partial charge is 0.193 e. The molecule has 0 bridgehead atoms. The lowest BCUT2D eigenvalue weighted by molar-refractivity contribution is 0.103. The number of aromatic nitrogens is 1. The van der Waals surface area contributed by atoms with Gasteiger partial charge in [0, 0.05) is 48.4 Å². The van der Waals surface area contributed by atoms with Gasteiger partial charge in [0.25, 0.3) is 0 Å². The van der Waals surface area contributed by atoms with Crippen LogP contribution in [0.5, 0.6) is 0 Å². The summed E-state index contributed by atoms with van der Waals surface area (Å²) < 4.78 is 0. The first kappa shape index (κ1) is 18.9. The second-order valence-electron chi connectivity index (χ2n) is 6.93. The molecule has 2 N–H and O–H groups in total. The molecule has 1 saturated heterocycles. The van der Waals surface area contributed by atoms with Gasteiger partial charge < -0.3 is 5.73 Å². The number of benzene rings is 2. The van der Waals surface area contributed by atoms with Crippen LogP contribution in [0, 0.1) is 0 Å². The van der Waals surface area contributed by atoms with Gasteiger partial charge in [0.15, 0.2) is 5.78 Å². The maximum absolute atomic E-state index is 12.8. The van der Waals surface area contributed by atoms with Crippen LogP contribution < -0.4 is 5.73 Å². The number of nitrogens with two attached hydrogens (primary N) is 1. The Morgan fingerprint density at radius 3 is 2.64 bits per heavy atom. The highest BCUT2D eigenvalue weighted by Crippen LogP contribution is 2.41. The fourth-order valence-electron chi connectivity index (χ4n) is 3.59. The van der Waals surface area contributed by atoms with E-state index in [0.29, 0.717) is 18.2 Å². The van der Waals surface area contributed by atoms with E-state index in [-0.39, 0.29) is 11.2 Å². The van der Waals surface area contributed by atoms with E-state index in [1.165, 1.54) is 5.56 Å². The summed E-state index contributed by atoms with van der Waals surface area (Å²) in [5.74, 6) is 1.05. The number of carbonyl (C=O) groups excluding carboxylic acids is 1. The van der Waals surface area contributed by atoms with Crippen LogP contribution in [0.4, 0.5) is 0 Å². The van der Waals surface area contributed by atoms with Crippen molar-refractivity contribution in [1.82, 2.24) is 9.88 Å². The molecule has 2 heterocycles. The minimum Gasteiger partial charge on any atom is -0.329 e. The second kappa shape index (κ2) is 8.69. The molecule has 1 fully saturated rings. The molecule has 1 aliphatic rings. The van der Waals surface area contributed by atoms with Gasteiger partial charge in [-0.15, -0.1) is 11.8 Å². The summed E-state index contributed by atoms with van der Waals surface area (Å²) in [4.78, 5) is 19.5. The van der Waals surface area contributed by atoms with Gasteiger partial charge in [0.2, 0.25) is 0 Å². The van der Waals surface area contributed by atoms with Crippen molar-refractivity contribution in [3.05, 3.63) is 101 Å². The topological polar surface area (TPSA) is 59.2 Å². The summed E-state index contributed by atoms with van der Waals surface area (Å²) >= 11 is 1.90. The van der Waals surface area contributed by atoms with Crippen LogP contribution >= 0.6 is 11.8 Å². The third-order valence-corrected chi connectivity index (χ3v) is 6.48. The zero-order chi connectivity index (χ0) is 19.3. The lowest BCUT2D eigenvalue weighted by Crippen LogP contribution is -2.37. The minimum absolute atomic E-state index is 0.0532. The molecule has 0 radical (unpaired) electrons. The average molecular weight is 390 g/mol. The number of nitrogens with zero attached hydrogens (tertiary/aromatic N) is 2. The molecule has 0 spiro atoms. The molecule has 0 saturated carbocycles. The van der Waals surface area contributed by atoms with Crippen molar-refractivity contribution < 1.29 is 4.79 Å². The molecule has 28 heavy (non-hydrogen) atoms. The molecule has 2 aromatic carbocycles. The minimum atomic E-state index is 0.0532. The quantitative estimate of drug-likeness (QED) is 0.648. The van der Waals surface area contributed by atoms with Gasteiger partial charge >= 0.3 is 0 Å². The van der Waals surface area contributed by atoms with Gasteiger partial charge in [-0.25, -0.2) is 0 Å². The Morgan fingerprint density at radius 1 is 1.07 bits per heavy atom. The Hall–Kier alpha value is -2.47. The zero-order valence-corrected chi connectivity index (χ0v) is 16.4. The Labute approximate surface area is 169 Å². The van der Waals surface area contributed by atoms with Crippen molar-refractivity contribution in [3.63, 3.8) is 0 Å². The van der Waals surface area contributed by atoms with Crippen LogP contribution in [0.25, 0.3) is 0 Å². The maximum Gasteiger partial charge on any atom is 0.193 e. The highest BCUT2D eigenvalue weighted by molar-refractivity contribution is 7.99. The van der Waals surface area contributed by atoms with Gasteiger partial charge in [-0.2, -0.15) is 0 Å². The van der Waals surface area contributed by atoms with Crippen molar-refractivity contribution in [2.75, 3.05) is 12.3 Å². The Morgan fingerprint density at radius 2 is 1.89 bits per heavy atom. The Bertz CT molecular complexity index is 933. The van der Waals surface area contributed by atoms with Crippen molar-refractivity contribution in [2.24, 2.45) is 5.73 Å². The van der Waals surface area contributed by atoms with E-state index in [1.807, 2.05) is 72.6 Å². The van der Waals surface area contributed by atoms with Crippen molar-refractivity contribution in [3.8, 4) is 0 Å². The summed E-state index contributed by atoms with van der Waals surface area (Å²) in [5.41, 5.74) is 9.80. The predicted octanol–water partition coefficient (Wildman–Crippen LogP) is 3.89.